The topological polar surface area (TPSA) is 42.0 Å². The van der Waals surface area contributed by atoms with Crippen LogP contribution >= 0.6 is 0 Å². The number of nitrogens with zero attached hydrogens (tertiary/aromatic N) is 1. The van der Waals surface area contributed by atoms with Crippen molar-refractivity contribution in [1.29, 1.82) is 0 Å². The molecule has 0 bridgehead atoms. The van der Waals surface area contributed by atoms with Crippen molar-refractivity contribution in [3.63, 3.8) is 0 Å². The van der Waals surface area contributed by atoms with E-state index in [-0.39, 0.29) is 22.7 Å². The standard InChI is InChI=1S/C25H33FN2O/c1-24(2,3)23(29)28-25(4,5)18-12-15-10-17(11-16(15)13-18)20-8-9-27-22-7-6-19(26)14-21(20)22/h6-9,14-18H,10-13H2,1-5H3,(H,28,29)/t15-,16+,17?,18?. The summed E-state index contributed by atoms with van der Waals surface area (Å²) in [4.78, 5) is 16.9. The van der Waals surface area contributed by atoms with Crippen LogP contribution in [0.4, 0.5) is 4.39 Å². The van der Waals surface area contributed by atoms with Crippen LogP contribution < -0.4 is 5.32 Å². The Morgan fingerprint density at radius 1 is 1.03 bits per heavy atom. The largest absolute Gasteiger partial charge is 0.350 e. The molecule has 0 aliphatic heterocycles. The minimum Gasteiger partial charge on any atom is -0.350 e. The zero-order valence-electron chi connectivity index (χ0n) is 18.3. The van der Waals surface area contributed by atoms with Crippen LogP contribution in [0.3, 0.4) is 0 Å². The van der Waals surface area contributed by atoms with Crippen LogP contribution in [0.15, 0.2) is 30.5 Å². The van der Waals surface area contributed by atoms with Crippen LogP contribution in [-0.4, -0.2) is 16.4 Å². The van der Waals surface area contributed by atoms with E-state index in [4.69, 9.17) is 0 Å². The van der Waals surface area contributed by atoms with Crippen molar-refractivity contribution in [1.82, 2.24) is 10.3 Å². The lowest BCUT2D eigenvalue weighted by molar-refractivity contribution is -0.130. The number of hydrogen-bond donors (Lipinski definition) is 1. The Kier molecular flexibility index (Phi) is 4.95. The fourth-order valence-corrected chi connectivity index (χ4v) is 5.54. The number of nitrogens with one attached hydrogen (secondary N) is 1. The van der Waals surface area contributed by atoms with Crippen molar-refractivity contribution in [2.45, 2.75) is 71.8 Å². The molecule has 4 rings (SSSR count). The average molecular weight is 397 g/mol. The molecule has 0 saturated heterocycles. The third-order valence-corrected chi connectivity index (χ3v) is 7.33. The van der Waals surface area contributed by atoms with Crippen LogP contribution in [0.2, 0.25) is 0 Å². The number of carbonyl (C=O) groups is 1. The maximum absolute atomic E-state index is 13.8. The number of hydrogen-bond acceptors (Lipinski definition) is 2. The molecule has 0 spiro atoms. The van der Waals surface area contributed by atoms with E-state index in [2.05, 4.69) is 30.2 Å². The summed E-state index contributed by atoms with van der Waals surface area (Å²) in [6.45, 7) is 10.3. The van der Waals surface area contributed by atoms with Gasteiger partial charge in [-0.1, -0.05) is 20.8 Å². The third-order valence-electron chi connectivity index (χ3n) is 7.33. The van der Waals surface area contributed by atoms with E-state index in [1.807, 2.05) is 27.0 Å². The molecule has 1 aromatic carbocycles. The number of rotatable bonds is 3. The molecule has 2 unspecified atom stereocenters. The second-order valence-electron chi connectivity index (χ2n) is 10.8. The minimum absolute atomic E-state index is 0.128. The first-order valence-corrected chi connectivity index (χ1v) is 10.9. The van der Waals surface area contributed by atoms with E-state index in [0.717, 1.165) is 36.6 Å². The molecule has 29 heavy (non-hydrogen) atoms. The normalized spacial score (nSPS) is 27.2. The maximum atomic E-state index is 13.8. The highest BCUT2D eigenvalue weighted by Gasteiger charge is 2.47. The van der Waals surface area contributed by atoms with Gasteiger partial charge in [0.1, 0.15) is 5.82 Å². The van der Waals surface area contributed by atoms with E-state index in [1.165, 1.54) is 11.6 Å². The summed E-state index contributed by atoms with van der Waals surface area (Å²) in [5.74, 6) is 2.30. The molecular formula is C25H33FN2O. The van der Waals surface area contributed by atoms with E-state index in [1.54, 1.807) is 12.1 Å². The van der Waals surface area contributed by atoms with Gasteiger partial charge in [0.15, 0.2) is 0 Å². The lowest BCUT2D eigenvalue weighted by Gasteiger charge is -2.36. The average Bonchev–Trinajstić information content (AvgIpc) is 3.19. The van der Waals surface area contributed by atoms with Gasteiger partial charge in [0.05, 0.1) is 5.52 Å². The van der Waals surface area contributed by atoms with Gasteiger partial charge in [0, 0.05) is 22.5 Å². The molecule has 2 aliphatic rings. The Morgan fingerprint density at radius 2 is 1.69 bits per heavy atom. The van der Waals surface area contributed by atoms with Gasteiger partial charge in [-0.25, -0.2) is 4.39 Å². The summed E-state index contributed by atoms with van der Waals surface area (Å²) in [6.07, 6.45) is 6.49. The van der Waals surface area contributed by atoms with Crippen molar-refractivity contribution >= 4 is 16.8 Å². The third kappa shape index (κ3) is 3.91. The summed E-state index contributed by atoms with van der Waals surface area (Å²) in [5, 5.41) is 4.28. The highest BCUT2D eigenvalue weighted by atomic mass is 19.1. The molecule has 2 saturated carbocycles. The monoisotopic (exact) mass is 396 g/mol. The summed E-state index contributed by atoms with van der Waals surface area (Å²) in [6, 6.07) is 6.99. The van der Waals surface area contributed by atoms with Gasteiger partial charge < -0.3 is 5.32 Å². The van der Waals surface area contributed by atoms with Crippen molar-refractivity contribution in [2.75, 3.05) is 0 Å². The smallest absolute Gasteiger partial charge is 0.225 e. The van der Waals surface area contributed by atoms with Crippen molar-refractivity contribution in [3.05, 3.63) is 41.8 Å². The molecule has 2 aromatic rings. The highest BCUT2D eigenvalue weighted by molar-refractivity contribution is 5.83. The zero-order chi connectivity index (χ0) is 21.0. The number of carbonyl (C=O) groups excluding carboxylic acids is 1. The molecule has 156 valence electrons. The maximum Gasteiger partial charge on any atom is 0.225 e. The number of benzene rings is 1. The highest BCUT2D eigenvalue weighted by Crippen LogP contribution is 2.55. The van der Waals surface area contributed by atoms with E-state index in [9.17, 15) is 9.18 Å². The Bertz CT molecular complexity index is 916. The second kappa shape index (κ2) is 7.07. The summed E-state index contributed by atoms with van der Waals surface area (Å²) in [5.41, 5.74) is 1.58. The number of fused-ring (bicyclic) bond motifs is 2. The Morgan fingerprint density at radius 3 is 2.31 bits per heavy atom. The van der Waals surface area contributed by atoms with Gasteiger partial charge in [-0.3, -0.25) is 9.78 Å². The minimum atomic E-state index is -0.367. The number of pyridine rings is 1. The van der Waals surface area contributed by atoms with E-state index >= 15 is 0 Å². The summed E-state index contributed by atoms with van der Waals surface area (Å²) >= 11 is 0. The molecule has 2 fully saturated rings. The second-order valence-corrected chi connectivity index (χ2v) is 10.8. The van der Waals surface area contributed by atoms with Crippen LogP contribution in [0.1, 0.15) is 71.8 Å². The Labute approximate surface area is 173 Å². The van der Waals surface area contributed by atoms with Crippen LogP contribution in [0.5, 0.6) is 0 Å². The first-order valence-electron chi connectivity index (χ1n) is 10.9. The first-order chi connectivity index (χ1) is 13.5. The van der Waals surface area contributed by atoms with Gasteiger partial charge in [0.2, 0.25) is 5.91 Å². The SMILES string of the molecule is CC(C)(C)C(=O)NC(C)(C)C1C[C@H]2CC(c3ccnc4ccc(F)cc34)C[C@H]2C1. The van der Waals surface area contributed by atoms with Crippen molar-refractivity contribution in [3.8, 4) is 0 Å². The van der Waals surface area contributed by atoms with Gasteiger partial charge in [0.25, 0.3) is 0 Å². The van der Waals surface area contributed by atoms with Gasteiger partial charge in [-0.2, -0.15) is 0 Å². The molecule has 1 N–H and O–H groups in total. The first kappa shape index (κ1) is 20.3. The van der Waals surface area contributed by atoms with E-state index < -0.39 is 0 Å². The number of amides is 1. The number of aromatic nitrogens is 1. The molecule has 1 heterocycles. The van der Waals surface area contributed by atoms with Gasteiger partial charge in [-0.15, -0.1) is 0 Å². The quantitative estimate of drug-likeness (QED) is 0.709. The van der Waals surface area contributed by atoms with Crippen LogP contribution in [0, 0.1) is 29.0 Å². The summed E-state index contributed by atoms with van der Waals surface area (Å²) < 4.78 is 13.8. The Balaban J connectivity index is 1.47. The van der Waals surface area contributed by atoms with E-state index in [0.29, 0.717) is 23.7 Å². The molecule has 4 heteroatoms. The van der Waals surface area contributed by atoms with Crippen LogP contribution in [-0.2, 0) is 4.79 Å². The number of halogens is 1. The molecular weight excluding hydrogens is 363 g/mol. The molecule has 0 radical (unpaired) electrons. The predicted octanol–water partition coefficient (Wildman–Crippen LogP) is 5.83. The predicted molar refractivity (Wildman–Crippen MR) is 115 cm³/mol. The Hall–Kier alpha value is -1.97. The van der Waals surface area contributed by atoms with Crippen molar-refractivity contribution < 1.29 is 9.18 Å². The van der Waals surface area contributed by atoms with Gasteiger partial charge >= 0.3 is 0 Å². The lowest BCUT2D eigenvalue weighted by Crippen LogP contribution is -2.52. The van der Waals surface area contributed by atoms with Gasteiger partial charge in [-0.05, 0) is 93.0 Å². The lowest BCUT2D eigenvalue weighted by atomic mass is 9.81. The molecule has 4 atom stereocenters. The summed E-state index contributed by atoms with van der Waals surface area (Å²) in [7, 11) is 0. The van der Waals surface area contributed by atoms with Crippen LogP contribution in [0.25, 0.3) is 10.9 Å². The molecule has 2 aliphatic carbocycles. The molecule has 1 aromatic heterocycles. The van der Waals surface area contributed by atoms with Crippen molar-refractivity contribution in [2.24, 2.45) is 23.2 Å². The zero-order valence-corrected chi connectivity index (χ0v) is 18.3. The molecule has 1 amide bonds. The fourth-order valence-electron chi connectivity index (χ4n) is 5.54. The fraction of sp³-hybridized carbons (Fsp3) is 0.600. The molecule has 3 nitrogen and oxygen atoms in total.